The Morgan fingerprint density at radius 1 is 1.10 bits per heavy atom. The van der Waals surface area contributed by atoms with E-state index in [1.54, 1.807) is 24.3 Å². The van der Waals surface area contributed by atoms with Crippen LogP contribution in [0.1, 0.15) is 60.2 Å². The van der Waals surface area contributed by atoms with Crippen molar-refractivity contribution in [2.75, 3.05) is 13.1 Å². The third-order valence-electron chi connectivity index (χ3n) is 5.38. The molecule has 1 fully saturated rings. The second-order valence-corrected chi connectivity index (χ2v) is 8.47. The number of hydrogen-bond donors (Lipinski definition) is 0. The highest BCUT2D eigenvalue weighted by molar-refractivity contribution is 6.23. The van der Waals surface area contributed by atoms with Gasteiger partial charge in [0.2, 0.25) is 0 Å². The van der Waals surface area contributed by atoms with Crippen LogP contribution in [0, 0.1) is 11.3 Å². The van der Waals surface area contributed by atoms with Gasteiger partial charge in [-0.15, -0.1) is 0 Å². The average molecular weight is 411 g/mol. The minimum Gasteiger partial charge on any atom is -0.548 e. The minimum absolute atomic E-state index is 0.0193. The van der Waals surface area contributed by atoms with Gasteiger partial charge in [-0.3, -0.25) is 29.1 Å². The van der Waals surface area contributed by atoms with Crippen molar-refractivity contribution in [2.24, 2.45) is 16.3 Å². The quantitative estimate of drug-likeness (QED) is 0.483. The van der Waals surface area contributed by atoms with E-state index in [-0.39, 0.29) is 43.1 Å². The molecule has 1 aliphatic carbocycles. The van der Waals surface area contributed by atoms with Gasteiger partial charge in [0.1, 0.15) is 17.5 Å². The van der Waals surface area contributed by atoms with Gasteiger partial charge in [0, 0.05) is 25.1 Å². The molecule has 1 unspecified atom stereocenters. The number of ketones is 2. The molecule has 0 N–H and O–H groups in total. The fraction of sp³-hybridized carbons (Fsp3) is 0.455. The summed E-state index contributed by atoms with van der Waals surface area (Å²) in [5, 5.41) is 10.8. The van der Waals surface area contributed by atoms with Crippen LogP contribution in [0.3, 0.4) is 0 Å². The molecule has 3 rings (SSSR count). The molecule has 1 aromatic carbocycles. The van der Waals surface area contributed by atoms with Crippen LogP contribution in [-0.2, 0) is 14.4 Å². The van der Waals surface area contributed by atoms with Crippen LogP contribution in [0.5, 0.6) is 0 Å². The lowest BCUT2D eigenvalue weighted by atomic mass is 9.69. The van der Waals surface area contributed by atoms with Crippen LogP contribution >= 0.6 is 0 Å². The first-order valence-corrected chi connectivity index (χ1v) is 9.84. The Balaban J connectivity index is 1.65. The summed E-state index contributed by atoms with van der Waals surface area (Å²) in [7, 11) is 0. The molecule has 1 aliphatic heterocycles. The van der Waals surface area contributed by atoms with E-state index in [0.717, 1.165) is 4.90 Å². The van der Waals surface area contributed by atoms with E-state index in [9.17, 15) is 29.1 Å². The molecule has 0 aromatic heterocycles. The van der Waals surface area contributed by atoms with Gasteiger partial charge in [-0.05, 0) is 30.4 Å². The number of fused-ring (bicyclic) bond motifs is 1. The van der Waals surface area contributed by atoms with Crippen LogP contribution in [0.2, 0.25) is 0 Å². The molecule has 1 atom stereocenters. The van der Waals surface area contributed by atoms with Gasteiger partial charge in [-0.2, -0.15) is 0 Å². The first kappa shape index (κ1) is 21.5. The second kappa shape index (κ2) is 8.30. The van der Waals surface area contributed by atoms with Gasteiger partial charge in [-0.25, -0.2) is 0 Å². The summed E-state index contributed by atoms with van der Waals surface area (Å²) in [5.41, 5.74) is 0.551. The van der Waals surface area contributed by atoms with Gasteiger partial charge in [-0.1, -0.05) is 26.0 Å². The van der Waals surface area contributed by atoms with Gasteiger partial charge in [0.25, 0.3) is 11.8 Å². The fourth-order valence-corrected chi connectivity index (χ4v) is 4.09. The molecule has 0 bridgehead atoms. The van der Waals surface area contributed by atoms with Gasteiger partial charge < -0.3 is 9.90 Å². The molecule has 2 amide bonds. The van der Waals surface area contributed by atoms with Crippen LogP contribution < -0.4 is 5.11 Å². The van der Waals surface area contributed by atoms with Crippen LogP contribution in [0.15, 0.2) is 29.3 Å². The van der Waals surface area contributed by atoms with E-state index in [1.165, 1.54) is 0 Å². The van der Waals surface area contributed by atoms with E-state index < -0.39 is 35.7 Å². The maximum absolute atomic E-state index is 12.8. The lowest BCUT2D eigenvalue weighted by Crippen LogP contribution is -2.42. The molecule has 1 saturated carbocycles. The molecule has 30 heavy (non-hydrogen) atoms. The molecule has 8 nitrogen and oxygen atoms in total. The fourth-order valence-electron chi connectivity index (χ4n) is 4.09. The third kappa shape index (κ3) is 4.37. The summed E-state index contributed by atoms with van der Waals surface area (Å²) in [6.45, 7) is 3.19. The highest BCUT2D eigenvalue weighted by Gasteiger charge is 2.41. The molecule has 1 heterocycles. The topological polar surface area (TPSA) is 124 Å². The van der Waals surface area contributed by atoms with E-state index in [2.05, 4.69) is 4.99 Å². The maximum atomic E-state index is 12.8. The number of carbonyl (C=O) groups is 5. The smallest absolute Gasteiger partial charge is 0.261 e. The molecular formula is C22H23N2O6-. The van der Waals surface area contributed by atoms with Crippen molar-refractivity contribution >= 4 is 35.1 Å². The Kier molecular flexibility index (Phi) is 5.96. The van der Waals surface area contributed by atoms with Crippen LogP contribution in [0.4, 0.5) is 0 Å². The number of hydrogen-bond acceptors (Lipinski definition) is 7. The van der Waals surface area contributed by atoms with Crippen molar-refractivity contribution < 1.29 is 29.1 Å². The predicted octanol–water partition coefficient (Wildman–Crippen LogP) is 0.828. The van der Waals surface area contributed by atoms with Crippen LogP contribution in [-0.4, -0.2) is 53.1 Å². The molecule has 2 aliphatic rings. The number of aliphatic carboxylic acids is 1. The molecule has 8 heteroatoms. The Hall–Kier alpha value is -3.16. The molecule has 158 valence electrons. The number of carboxylic acid groups (broad SMARTS) is 1. The van der Waals surface area contributed by atoms with Crippen molar-refractivity contribution in [3.63, 3.8) is 0 Å². The normalized spacial score (nSPS) is 21.8. The SMILES string of the molecule is CC1(C)CC(=O)C(C(=O)CCCN2C(=O)c3ccccc3C2=O)C(=NCC(=O)[O-])C1. The standard InChI is InChI=1S/C22H24N2O6/c1-22(2)10-15(23-12-18(27)28)19(17(26)11-22)16(25)8-5-9-24-20(29)13-6-3-4-7-14(13)21(24)30/h3-4,6-7,19H,5,8-12H2,1-2H3,(H,27,28)/p-1. The zero-order valence-corrected chi connectivity index (χ0v) is 17.0. The van der Waals surface area contributed by atoms with Crippen molar-refractivity contribution in [1.82, 2.24) is 4.90 Å². The first-order chi connectivity index (χ1) is 14.1. The summed E-state index contributed by atoms with van der Waals surface area (Å²) in [6, 6.07) is 6.54. The van der Waals surface area contributed by atoms with Crippen molar-refractivity contribution in [2.45, 2.75) is 39.5 Å². The number of rotatable bonds is 7. The number of carboxylic acids is 1. The van der Waals surface area contributed by atoms with Crippen LogP contribution in [0.25, 0.3) is 0 Å². The predicted molar refractivity (Wildman–Crippen MR) is 105 cm³/mol. The Labute approximate surface area is 174 Å². The van der Waals surface area contributed by atoms with E-state index in [4.69, 9.17) is 0 Å². The molecule has 0 radical (unpaired) electrons. The summed E-state index contributed by atoms with van der Waals surface area (Å²) < 4.78 is 0. The molecular weight excluding hydrogens is 388 g/mol. The minimum atomic E-state index is -1.38. The van der Waals surface area contributed by atoms with E-state index >= 15 is 0 Å². The zero-order valence-electron chi connectivity index (χ0n) is 17.0. The van der Waals surface area contributed by atoms with Gasteiger partial charge >= 0.3 is 0 Å². The largest absolute Gasteiger partial charge is 0.548 e. The molecule has 0 saturated heterocycles. The van der Waals surface area contributed by atoms with Crippen molar-refractivity contribution in [3.8, 4) is 0 Å². The first-order valence-electron chi connectivity index (χ1n) is 9.84. The molecule has 0 spiro atoms. The number of aliphatic imine (C=N–C) groups is 1. The Morgan fingerprint density at radius 3 is 2.27 bits per heavy atom. The second-order valence-electron chi connectivity index (χ2n) is 8.47. The number of nitrogens with zero attached hydrogens (tertiary/aromatic N) is 2. The summed E-state index contributed by atoms with van der Waals surface area (Å²) in [6.07, 6.45) is 0.743. The lowest BCUT2D eigenvalue weighted by molar-refractivity contribution is -0.303. The Morgan fingerprint density at radius 2 is 1.70 bits per heavy atom. The van der Waals surface area contributed by atoms with Gasteiger partial charge in [0.15, 0.2) is 0 Å². The van der Waals surface area contributed by atoms with E-state index in [0.29, 0.717) is 17.5 Å². The number of amides is 2. The number of Topliss-reactive ketones (excluding diaryl/α,β-unsaturated/α-hetero) is 2. The number of imide groups is 1. The summed E-state index contributed by atoms with van der Waals surface area (Å²) in [5.74, 6) is -3.89. The maximum Gasteiger partial charge on any atom is 0.261 e. The van der Waals surface area contributed by atoms with E-state index in [1.807, 2.05) is 13.8 Å². The zero-order chi connectivity index (χ0) is 22.1. The number of benzene rings is 1. The highest BCUT2D eigenvalue weighted by Crippen LogP contribution is 2.35. The highest BCUT2D eigenvalue weighted by atomic mass is 16.4. The van der Waals surface area contributed by atoms with Crippen molar-refractivity contribution in [3.05, 3.63) is 35.4 Å². The summed E-state index contributed by atoms with van der Waals surface area (Å²) >= 11 is 0. The monoisotopic (exact) mass is 411 g/mol. The van der Waals surface area contributed by atoms with Gasteiger partial charge in [0.05, 0.1) is 23.6 Å². The third-order valence-corrected chi connectivity index (χ3v) is 5.38. The Bertz CT molecular complexity index is 927. The van der Waals surface area contributed by atoms with Crippen molar-refractivity contribution in [1.29, 1.82) is 0 Å². The number of carbonyl (C=O) groups excluding carboxylic acids is 5. The molecule has 1 aromatic rings. The summed E-state index contributed by atoms with van der Waals surface area (Å²) in [4.78, 5) is 66.0. The average Bonchev–Trinajstić information content (AvgIpc) is 2.90. The lowest BCUT2D eigenvalue weighted by Gasteiger charge is -2.34.